The van der Waals surface area contributed by atoms with Crippen molar-refractivity contribution in [3.05, 3.63) is 44.7 Å². The van der Waals surface area contributed by atoms with Gasteiger partial charge in [-0.05, 0) is 19.1 Å². The Morgan fingerprint density at radius 1 is 1.19 bits per heavy atom. The lowest BCUT2D eigenvalue weighted by molar-refractivity contribution is 0.0950. The maximum Gasteiger partial charge on any atom is 0.291 e. The Kier molecular flexibility index (Phi) is 6.52. The number of carbonyl (C=O) groups is 1. The monoisotopic (exact) mass is 416 g/mol. The van der Waals surface area contributed by atoms with Crippen molar-refractivity contribution in [1.82, 2.24) is 10.4 Å². The van der Waals surface area contributed by atoms with E-state index in [4.69, 9.17) is 50.0 Å². The summed E-state index contributed by atoms with van der Waals surface area (Å²) in [6.45, 7) is 1.70. The lowest BCUT2D eigenvalue weighted by Crippen LogP contribution is -2.21. The van der Waals surface area contributed by atoms with Crippen molar-refractivity contribution in [3.8, 4) is 11.5 Å². The molecule has 0 fully saturated rings. The van der Waals surface area contributed by atoms with Gasteiger partial charge in [-0.15, -0.1) is 0 Å². The minimum Gasteiger partial charge on any atom is -0.497 e. The second-order valence-corrected chi connectivity index (χ2v) is 6.11. The number of hydrazone groups is 1. The molecule has 2 rings (SSSR count). The molecule has 1 heterocycles. The first kappa shape index (κ1) is 20.1. The first-order valence-corrected chi connectivity index (χ1v) is 8.30. The Morgan fingerprint density at radius 3 is 2.50 bits per heavy atom. The molecule has 0 bridgehead atoms. The van der Waals surface area contributed by atoms with Crippen molar-refractivity contribution >= 4 is 52.1 Å². The van der Waals surface area contributed by atoms with Crippen LogP contribution in [0, 0.1) is 0 Å². The smallest absolute Gasteiger partial charge is 0.291 e. The van der Waals surface area contributed by atoms with Crippen LogP contribution < -0.4 is 20.6 Å². The summed E-state index contributed by atoms with van der Waals surface area (Å²) < 4.78 is 10.5. The third-order valence-corrected chi connectivity index (χ3v) is 4.55. The molecule has 1 aromatic carbocycles. The van der Waals surface area contributed by atoms with Crippen molar-refractivity contribution < 1.29 is 14.3 Å². The summed E-state index contributed by atoms with van der Waals surface area (Å²) in [5, 5.41) is 3.79. The number of nitrogens with two attached hydrogens (primary N) is 1. The van der Waals surface area contributed by atoms with Crippen molar-refractivity contribution in [2.75, 3.05) is 20.0 Å². The van der Waals surface area contributed by atoms with Gasteiger partial charge in [0.05, 0.1) is 30.6 Å². The number of benzene rings is 1. The molecular formula is C16H15Cl3N4O3. The van der Waals surface area contributed by atoms with Gasteiger partial charge in [0.1, 0.15) is 16.5 Å². The maximum atomic E-state index is 12.3. The number of anilines is 1. The molecule has 0 unspecified atom stereocenters. The molecule has 0 saturated carbocycles. The predicted molar refractivity (Wildman–Crippen MR) is 103 cm³/mol. The number of nitrogens with zero attached hydrogens (tertiary/aromatic N) is 2. The Balaban J connectivity index is 2.28. The highest BCUT2D eigenvalue weighted by Gasteiger charge is 2.19. The highest BCUT2D eigenvalue weighted by Crippen LogP contribution is 2.34. The summed E-state index contributed by atoms with van der Waals surface area (Å²) in [4.78, 5) is 16.1. The van der Waals surface area contributed by atoms with Crippen LogP contribution in [0.1, 0.15) is 23.0 Å². The van der Waals surface area contributed by atoms with Crippen LogP contribution >= 0.6 is 34.8 Å². The second-order valence-electron chi connectivity index (χ2n) is 5.00. The zero-order chi connectivity index (χ0) is 19.4. The molecule has 0 saturated heterocycles. The van der Waals surface area contributed by atoms with Crippen LogP contribution in [0.25, 0.3) is 0 Å². The molecule has 1 amide bonds. The van der Waals surface area contributed by atoms with Crippen LogP contribution in [0.4, 0.5) is 5.69 Å². The minimum atomic E-state index is -0.688. The van der Waals surface area contributed by atoms with Crippen molar-refractivity contribution in [1.29, 1.82) is 0 Å². The van der Waals surface area contributed by atoms with E-state index in [0.29, 0.717) is 22.8 Å². The van der Waals surface area contributed by atoms with Crippen LogP contribution in [0.5, 0.6) is 11.5 Å². The molecule has 10 heteroatoms. The fourth-order valence-electron chi connectivity index (χ4n) is 2.03. The van der Waals surface area contributed by atoms with E-state index >= 15 is 0 Å². The number of methoxy groups -OCH3 is 2. The van der Waals surface area contributed by atoms with Gasteiger partial charge in [-0.25, -0.2) is 10.4 Å². The number of hydrogen-bond donors (Lipinski definition) is 2. The van der Waals surface area contributed by atoms with Gasteiger partial charge in [-0.2, -0.15) is 5.10 Å². The molecule has 0 aliphatic rings. The normalized spacial score (nSPS) is 11.2. The van der Waals surface area contributed by atoms with Gasteiger partial charge in [0, 0.05) is 11.6 Å². The Bertz CT molecular complexity index is 888. The van der Waals surface area contributed by atoms with E-state index < -0.39 is 5.91 Å². The van der Waals surface area contributed by atoms with E-state index in [2.05, 4.69) is 15.5 Å². The van der Waals surface area contributed by atoms with Gasteiger partial charge in [-0.3, -0.25) is 4.79 Å². The van der Waals surface area contributed by atoms with Gasteiger partial charge in [0.2, 0.25) is 0 Å². The third-order valence-electron chi connectivity index (χ3n) is 3.41. The van der Waals surface area contributed by atoms with Gasteiger partial charge in [0.15, 0.2) is 10.8 Å². The number of hydrogen-bond acceptors (Lipinski definition) is 6. The highest BCUT2D eigenvalue weighted by molar-refractivity contribution is 6.46. The van der Waals surface area contributed by atoms with Crippen molar-refractivity contribution in [2.24, 2.45) is 5.10 Å². The van der Waals surface area contributed by atoms with E-state index in [0.717, 1.165) is 0 Å². The molecule has 0 aliphatic carbocycles. The summed E-state index contributed by atoms with van der Waals surface area (Å²) in [7, 11) is 3.07. The molecular weight excluding hydrogens is 403 g/mol. The number of ether oxygens (including phenoxy) is 2. The zero-order valence-electron chi connectivity index (χ0n) is 14.1. The summed E-state index contributed by atoms with van der Waals surface area (Å²) in [5.74, 6) is 0.478. The molecule has 138 valence electrons. The van der Waals surface area contributed by atoms with E-state index in [1.165, 1.54) is 7.11 Å². The van der Waals surface area contributed by atoms with Crippen LogP contribution in [0.15, 0.2) is 23.3 Å². The van der Waals surface area contributed by atoms with Gasteiger partial charge in [0.25, 0.3) is 5.91 Å². The average molecular weight is 418 g/mol. The number of rotatable bonds is 5. The first-order chi connectivity index (χ1) is 12.3. The SMILES string of the molecule is COc1ccc(C(C)=NNC(=O)c2nc(Cl)c(Cl)c(N)c2Cl)c(OC)c1. The minimum absolute atomic E-state index is 0.0177. The molecule has 0 atom stereocenters. The maximum absolute atomic E-state index is 12.3. The van der Waals surface area contributed by atoms with Crippen LogP contribution in [0.3, 0.4) is 0 Å². The van der Waals surface area contributed by atoms with Crippen LogP contribution in [-0.2, 0) is 0 Å². The Hall–Kier alpha value is -2.22. The number of halogens is 3. The molecule has 1 aromatic heterocycles. The number of amides is 1. The van der Waals surface area contributed by atoms with E-state index in [-0.39, 0.29) is 26.6 Å². The average Bonchev–Trinajstić information content (AvgIpc) is 2.66. The largest absolute Gasteiger partial charge is 0.497 e. The second kappa shape index (κ2) is 8.44. The van der Waals surface area contributed by atoms with E-state index in [9.17, 15) is 4.79 Å². The van der Waals surface area contributed by atoms with Crippen molar-refractivity contribution in [2.45, 2.75) is 6.92 Å². The molecule has 2 aromatic rings. The molecule has 7 nitrogen and oxygen atoms in total. The standard InChI is InChI=1S/C16H15Cl3N4O3/c1-7(9-5-4-8(25-2)6-10(9)26-3)22-23-16(24)14-11(17)13(20)12(18)15(19)21-14/h4-6H,1-3H3,(H2,20,21)(H,23,24). The molecule has 26 heavy (non-hydrogen) atoms. The Morgan fingerprint density at radius 2 is 1.88 bits per heavy atom. The fraction of sp³-hybridized carbons (Fsp3) is 0.188. The molecule has 0 radical (unpaired) electrons. The molecule has 0 aliphatic heterocycles. The number of aromatic nitrogens is 1. The number of nitrogen functional groups attached to an aromatic ring is 1. The summed E-state index contributed by atoms with van der Waals surface area (Å²) in [5.41, 5.74) is 8.99. The summed E-state index contributed by atoms with van der Waals surface area (Å²) in [6, 6.07) is 5.20. The van der Waals surface area contributed by atoms with Gasteiger partial charge < -0.3 is 15.2 Å². The van der Waals surface area contributed by atoms with Gasteiger partial charge >= 0.3 is 0 Å². The Labute approximate surface area is 165 Å². The lowest BCUT2D eigenvalue weighted by Gasteiger charge is -2.11. The third kappa shape index (κ3) is 4.12. The number of pyridine rings is 1. The topological polar surface area (TPSA) is 98.8 Å². The van der Waals surface area contributed by atoms with E-state index in [1.807, 2.05) is 0 Å². The molecule has 0 spiro atoms. The summed E-state index contributed by atoms with van der Waals surface area (Å²) in [6.07, 6.45) is 0. The predicted octanol–water partition coefficient (Wildman–Crippen LogP) is 3.80. The van der Waals surface area contributed by atoms with Crippen LogP contribution in [-0.4, -0.2) is 30.8 Å². The summed E-state index contributed by atoms with van der Waals surface area (Å²) >= 11 is 17.7. The highest BCUT2D eigenvalue weighted by atomic mass is 35.5. The first-order valence-electron chi connectivity index (χ1n) is 7.17. The number of carbonyl (C=O) groups excluding carboxylic acids is 1. The quantitative estimate of drug-likeness (QED) is 0.438. The van der Waals surface area contributed by atoms with Crippen LogP contribution in [0.2, 0.25) is 15.2 Å². The zero-order valence-corrected chi connectivity index (χ0v) is 16.3. The van der Waals surface area contributed by atoms with E-state index in [1.54, 1.807) is 32.2 Å². The van der Waals surface area contributed by atoms with Crippen molar-refractivity contribution in [3.63, 3.8) is 0 Å². The molecule has 3 N–H and O–H groups in total. The number of nitrogens with one attached hydrogen (secondary N) is 1. The van der Waals surface area contributed by atoms with Gasteiger partial charge in [-0.1, -0.05) is 34.8 Å². The lowest BCUT2D eigenvalue weighted by atomic mass is 10.1. The fourth-order valence-corrected chi connectivity index (χ4v) is 2.62.